The molecule has 0 aromatic heterocycles. The first-order chi connectivity index (χ1) is 6.38. The van der Waals surface area contributed by atoms with Crippen LogP contribution in [0.2, 0.25) is 0 Å². The van der Waals surface area contributed by atoms with Crippen molar-refractivity contribution in [2.75, 3.05) is 0 Å². The van der Waals surface area contributed by atoms with Crippen LogP contribution in [0.15, 0.2) is 24.3 Å². The fourth-order valence-corrected chi connectivity index (χ4v) is 1.87. The molecule has 0 bridgehead atoms. The Labute approximate surface area is 110 Å². The summed E-state index contributed by atoms with van der Waals surface area (Å²) in [5.41, 5.74) is 0. The van der Waals surface area contributed by atoms with Crippen LogP contribution in [0.3, 0.4) is 0 Å². The molecular weight excluding hydrogens is 422 g/mol. The van der Waals surface area contributed by atoms with Gasteiger partial charge in [-0.3, -0.25) is 0 Å². The molecule has 0 aliphatic heterocycles. The van der Waals surface area contributed by atoms with Gasteiger partial charge in [-0.15, -0.1) is 0 Å². The third-order valence-corrected chi connectivity index (χ3v) is 2.47. The Hall–Kier alpha value is 1.65. The molecule has 0 amide bonds. The van der Waals surface area contributed by atoms with Gasteiger partial charge in [-0.2, -0.15) is 0 Å². The fourth-order valence-electron chi connectivity index (χ4n) is 1.87. The van der Waals surface area contributed by atoms with Crippen molar-refractivity contribution < 1.29 is 11.7 Å². The standard InChI is InChI=1S/C10H13.2HI.Ti/c1-2-6-9(5-1)10-7-3-4-8-10;;;/h1-2,5-6,9H,3-4,7-8H2;2*1H;/q;;;+2/p-2. The SMILES string of the molecule is C1=CC([C]2CCCC2)C=C1.[I][Ti][I]. The molecule has 2 rings (SSSR count). The molecule has 1 radical (unpaired) electrons. The van der Waals surface area contributed by atoms with Gasteiger partial charge in [0.05, 0.1) is 0 Å². The topological polar surface area (TPSA) is 0 Å². The summed E-state index contributed by atoms with van der Waals surface area (Å²) in [7, 11) is 0. The van der Waals surface area contributed by atoms with Crippen molar-refractivity contribution in [3.63, 3.8) is 0 Å². The summed E-state index contributed by atoms with van der Waals surface area (Å²) < 4.78 is 0. The van der Waals surface area contributed by atoms with E-state index in [2.05, 4.69) is 62.7 Å². The first-order valence-electron chi connectivity index (χ1n) is 4.54. The Morgan fingerprint density at radius 2 is 1.54 bits per heavy atom. The molecule has 2 aliphatic rings. The first-order valence-corrected chi connectivity index (χ1v) is 14.6. The monoisotopic (exact) mass is 435 g/mol. The molecule has 1 fully saturated rings. The zero-order valence-electron chi connectivity index (χ0n) is 7.47. The van der Waals surface area contributed by atoms with E-state index in [9.17, 15) is 0 Å². The summed E-state index contributed by atoms with van der Waals surface area (Å²) in [4.78, 5) is 0. The van der Waals surface area contributed by atoms with E-state index in [1.807, 2.05) is 0 Å². The van der Waals surface area contributed by atoms with Crippen molar-refractivity contribution >= 4 is 38.4 Å². The maximum atomic E-state index is 2.40. The quantitative estimate of drug-likeness (QED) is 0.416. The van der Waals surface area contributed by atoms with Crippen LogP contribution < -0.4 is 0 Å². The molecule has 2 aliphatic carbocycles. The van der Waals surface area contributed by atoms with Crippen molar-refractivity contribution in [2.45, 2.75) is 25.7 Å². The van der Waals surface area contributed by atoms with Crippen molar-refractivity contribution in [3.05, 3.63) is 30.2 Å². The zero-order valence-corrected chi connectivity index (χ0v) is 13.3. The molecular formula is C10H13I2Ti. The van der Waals surface area contributed by atoms with Gasteiger partial charge >= 0.3 is 50.0 Å². The third kappa shape index (κ3) is 4.80. The van der Waals surface area contributed by atoms with E-state index in [1.54, 1.807) is 5.92 Å². The van der Waals surface area contributed by atoms with E-state index in [4.69, 9.17) is 0 Å². The van der Waals surface area contributed by atoms with Gasteiger partial charge in [0.2, 0.25) is 0 Å². The molecule has 0 heterocycles. The second-order valence-corrected chi connectivity index (χ2v) is 16.4. The normalized spacial score (nSPS) is 21.7. The average Bonchev–Trinajstić information content (AvgIpc) is 2.78. The van der Waals surface area contributed by atoms with E-state index in [0.29, 0.717) is 17.6 Å². The van der Waals surface area contributed by atoms with E-state index in [0.717, 1.165) is 0 Å². The number of hydrogen-bond acceptors (Lipinski definition) is 0. The van der Waals surface area contributed by atoms with Crippen LogP contribution in [0.5, 0.6) is 0 Å². The van der Waals surface area contributed by atoms with Crippen molar-refractivity contribution in [1.82, 2.24) is 0 Å². The van der Waals surface area contributed by atoms with Crippen LogP contribution in [-0.2, 0) is 11.7 Å². The second-order valence-electron chi connectivity index (χ2n) is 3.23. The molecule has 13 heavy (non-hydrogen) atoms. The zero-order chi connectivity index (χ0) is 9.52. The van der Waals surface area contributed by atoms with E-state index >= 15 is 0 Å². The van der Waals surface area contributed by atoms with Crippen LogP contribution in [0.25, 0.3) is 0 Å². The van der Waals surface area contributed by atoms with E-state index in [1.165, 1.54) is 25.7 Å². The second kappa shape index (κ2) is 7.88. The average molecular weight is 435 g/mol. The molecule has 0 aromatic rings. The Balaban J connectivity index is 0.000000251. The van der Waals surface area contributed by atoms with Gasteiger partial charge in [0.15, 0.2) is 0 Å². The van der Waals surface area contributed by atoms with Crippen molar-refractivity contribution in [2.24, 2.45) is 5.92 Å². The van der Waals surface area contributed by atoms with E-state index < -0.39 is 0 Å². The van der Waals surface area contributed by atoms with Gasteiger partial charge < -0.3 is 0 Å². The Morgan fingerprint density at radius 1 is 1.08 bits per heavy atom. The summed E-state index contributed by atoms with van der Waals surface area (Å²) in [6, 6.07) is 0. The van der Waals surface area contributed by atoms with Crippen LogP contribution in [0, 0.1) is 11.8 Å². The molecule has 71 valence electrons. The minimum absolute atomic E-state index is 0.440. The predicted molar refractivity (Wildman–Crippen MR) is 71.5 cm³/mol. The Bertz CT molecular complexity index is 171. The molecule has 3 heteroatoms. The molecule has 0 atom stereocenters. The van der Waals surface area contributed by atoms with E-state index in [-0.39, 0.29) is 0 Å². The predicted octanol–water partition coefficient (Wildman–Crippen LogP) is 4.65. The summed E-state index contributed by atoms with van der Waals surface area (Å²) in [5.74, 6) is 2.47. The summed E-state index contributed by atoms with van der Waals surface area (Å²) >= 11 is 5.24. The molecule has 0 aromatic carbocycles. The third-order valence-electron chi connectivity index (χ3n) is 2.47. The number of halogens is 2. The van der Waals surface area contributed by atoms with Crippen LogP contribution in [0.1, 0.15) is 25.7 Å². The Morgan fingerprint density at radius 3 is 2.00 bits per heavy atom. The number of hydrogen-bond donors (Lipinski definition) is 0. The summed E-state index contributed by atoms with van der Waals surface area (Å²) in [6.07, 6.45) is 14.5. The first kappa shape index (κ1) is 12.7. The molecule has 0 nitrogen and oxygen atoms in total. The minimum atomic E-state index is 0.440. The van der Waals surface area contributed by atoms with Crippen LogP contribution >= 0.6 is 38.4 Å². The Kier molecular flexibility index (Phi) is 7.71. The molecule has 0 saturated heterocycles. The van der Waals surface area contributed by atoms with Crippen molar-refractivity contribution in [1.29, 1.82) is 0 Å². The van der Waals surface area contributed by atoms with Gasteiger partial charge in [0.25, 0.3) is 0 Å². The van der Waals surface area contributed by atoms with Gasteiger partial charge in [0, 0.05) is 5.92 Å². The van der Waals surface area contributed by atoms with Crippen LogP contribution in [-0.4, -0.2) is 0 Å². The molecule has 0 unspecified atom stereocenters. The van der Waals surface area contributed by atoms with Gasteiger partial charge in [-0.25, -0.2) is 0 Å². The number of rotatable bonds is 1. The van der Waals surface area contributed by atoms with Gasteiger partial charge in [-0.05, 0) is 18.8 Å². The molecule has 1 saturated carbocycles. The fraction of sp³-hybridized carbons (Fsp3) is 0.500. The summed E-state index contributed by atoms with van der Waals surface area (Å²) in [5, 5.41) is 0. The van der Waals surface area contributed by atoms with Crippen LogP contribution in [0.4, 0.5) is 0 Å². The maximum absolute atomic E-state index is 2.40. The number of allylic oxidation sites excluding steroid dienone is 4. The molecule has 0 spiro atoms. The summed E-state index contributed by atoms with van der Waals surface area (Å²) in [6.45, 7) is 0. The van der Waals surface area contributed by atoms with Gasteiger partial charge in [-0.1, -0.05) is 37.1 Å². The molecule has 0 N–H and O–H groups in total. The van der Waals surface area contributed by atoms with Crippen molar-refractivity contribution in [3.8, 4) is 0 Å². The van der Waals surface area contributed by atoms with Gasteiger partial charge in [0.1, 0.15) is 0 Å².